The van der Waals surface area contributed by atoms with Gasteiger partial charge in [0.2, 0.25) is 0 Å². The summed E-state index contributed by atoms with van der Waals surface area (Å²) in [5.74, 6) is 0.414. The second-order valence-electron chi connectivity index (χ2n) is 5.22. The fourth-order valence-electron chi connectivity index (χ4n) is 2.55. The quantitative estimate of drug-likeness (QED) is 0.639. The van der Waals surface area contributed by atoms with Crippen LogP contribution in [-0.2, 0) is 6.54 Å². The van der Waals surface area contributed by atoms with E-state index >= 15 is 0 Å². The van der Waals surface area contributed by atoms with Crippen molar-refractivity contribution in [3.63, 3.8) is 0 Å². The molecule has 1 aromatic rings. The molecule has 20 heavy (non-hydrogen) atoms. The molecule has 1 aliphatic rings. The van der Waals surface area contributed by atoms with Crippen molar-refractivity contribution in [1.82, 2.24) is 5.32 Å². The molecule has 1 N–H and O–H groups in total. The van der Waals surface area contributed by atoms with Crippen molar-refractivity contribution in [3.8, 4) is 5.75 Å². The third kappa shape index (κ3) is 3.93. The van der Waals surface area contributed by atoms with Gasteiger partial charge in [0.15, 0.2) is 5.75 Å². The molecule has 0 aromatic heterocycles. The van der Waals surface area contributed by atoms with Gasteiger partial charge in [0.1, 0.15) is 0 Å². The molecule has 110 valence electrons. The predicted molar refractivity (Wildman–Crippen MR) is 78.0 cm³/mol. The maximum absolute atomic E-state index is 11.1. The molecule has 0 amide bonds. The average Bonchev–Trinajstić information content (AvgIpc) is 2.46. The van der Waals surface area contributed by atoms with Crippen LogP contribution in [0.15, 0.2) is 18.2 Å². The van der Waals surface area contributed by atoms with Gasteiger partial charge < -0.3 is 10.1 Å². The molecule has 2 rings (SSSR count). The first-order valence-electron chi connectivity index (χ1n) is 7.35. The van der Waals surface area contributed by atoms with Crippen LogP contribution in [0.4, 0.5) is 5.69 Å². The van der Waals surface area contributed by atoms with Crippen molar-refractivity contribution in [2.45, 2.75) is 51.7 Å². The van der Waals surface area contributed by atoms with Crippen molar-refractivity contribution in [2.24, 2.45) is 0 Å². The lowest BCUT2D eigenvalue weighted by Gasteiger charge is -2.23. The van der Waals surface area contributed by atoms with Crippen LogP contribution >= 0.6 is 0 Å². The SMILES string of the molecule is CCNCc1ccc([N+](=O)[O-])c(OC2CCCCC2)c1. The molecule has 0 aliphatic heterocycles. The van der Waals surface area contributed by atoms with Gasteiger partial charge in [0.05, 0.1) is 11.0 Å². The highest BCUT2D eigenvalue weighted by Crippen LogP contribution is 2.31. The molecule has 0 unspecified atom stereocenters. The number of nitrogens with zero attached hydrogens (tertiary/aromatic N) is 1. The zero-order valence-electron chi connectivity index (χ0n) is 11.9. The fraction of sp³-hybridized carbons (Fsp3) is 0.600. The number of rotatable bonds is 6. The molecular weight excluding hydrogens is 256 g/mol. The monoisotopic (exact) mass is 278 g/mol. The summed E-state index contributed by atoms with van der Waals surface area (Å²) >= 11 is 0. The van der Waals surface area contributed by atoms with Gasteiger partial charge in [-0.05, 0) is 43.9 Å². The summed E-state index contributed by atoms with van der Waals surface area (Å²) in [6.45, 7) is 3.61. The Labute approximate surface area is 119 Å². The van der Waals surface area contributed by atoms with E-state index in [0.29, 0.717) is 12.3 Å². The molecule has 0 heterocycles. The van der Waals surface area contributed by atoms with Gasteiger partial charge in [-0.1, -0.05) is 19.4 Å². The molecule has 0 bridgehead atoms. The average molecular weight is 278 g/mol. The summed E-state index contributed by atoms with van der Waals surface area (Å²) in [6, 6.07) is 5.13. The molecule has 1 aliphatic carbocycles. The molecule has 5 nitrogen and oxygen atoms in total. The van der Waals surface area contributed by atoms with Crippen LogP contribution in [0, 0.1) is 10.1 Å². The van der Waals surface area contributed by atoms with E-state index < -0.39 is 0 Å². The maximum Gasteiger partial charge on any atom is 0.310 e. The number of ether oxygens (including phenoxy) is 1. The normalized spacial score (nSPS) is 16.1. The Bertz CT molecular complexity index is 456. The van der Waals surface area contributed by atoms with E-state index in [1.165, 1.54) is 6.42 Å². The van der Waals surface area contributed by atoms with E-state index in [1.807, 2.05) is 6.92 Å². The van der Waals surface area contributed by atoms with Crippen LogP contribution in [0.1, 0.15) is 44.6 Å². The number of nitro benzene ring substituents is 1. The lowest BCUT2D eigenvalue weighted by atomic mass is 9.98. The van der Waals surface area contributed by atoms with Crippen molar-refractivity contribution < 1.29 is 9.66 Å². The van der Waals surface area contributed by atoms with Crippen molar-refractivity contribution in [2.75, 3.05) is 6.54 Å². The first-order chi connectivity index (χ1) is 9.70. The molecule has 0 radical (unpaired) electrons. The minimum Gasteiger partial charge on any atom is -0.483 e. The second kappa shape index (κ2) is 7.24. The Morgan fingerprint density at radius 1 is 1.35 bits per heavy atom. The van der Waals surface area contributed by atoms with Gasteiger partial charge in [-0.2, -0.15) is 0 Å². The largest absolute Gasteiger partial charge is 0.483 e. The van der Waals surface area contributed by atoms with Gasteiger partial charge in [-0.3, -0.25) is 10.1 Å². The first kappa shape index (κ1) is 14.8. The molecular formula is C15H22N2O3. The van der Waals surface area contributed by atoms with E-state index in [-0.39, 0.29) is 16.7 Å². The summed E-state index contributed by atoms with van der Waals surface area (Å²) in [7, 11) is 0. The standard InChI is InChI=1S/C15H22N2O3/c1-2-16-11-12-8-9-14(17(18)19)15(10-12)20-13-6-4-3-5-7-13/h8-10,13,16H,2-7,11H2,1H3. The smallest absolute Gasteiger partial charge is 0.310 e. The van der Waals surface area contributed by atoms with Crippen molar-refractivity contribution in [3.05, 3.63) is 33.9 Å². The predicted octanol–water partition coefficient (Wildman–Crippen LogP) is 3.42. The fourth-order valence-corrected chi connectivity index (χ4v) is 2.55. The third-order valence-electron chi connectivity index (χ3n) is 3.65. The van der Waals surface area contributed by atoms with Crippen LogP contribution in [0.5, 0.6) is 5.75 Å². The lowest BCUT2D eigenvalue weighted by molar-refractivity contribution is -0.386. The zero-order valence-corrected chi connectivity index (χ0v) is 11.9. The Balaban J connectivity index is 2.14. The molecule has 1 aromatic carbocycles. The molecule has 1 fully saturated rings. The zero-order chi connectivity index (χ0) is 14.4. The van der Waals surface area contributed by atoms with Crippen molar-refractivity contribution in [1.29, 1.82) is 0 Å². The Morgan fingerprint density at radius 3 is 2.75 bits per heavy atom. The van der Waals surface area contributed by atoms with Crippen molar-refractivity contribution >= 4 is 5.69 Å². The minimum atomic E-state index is -0.366. The summed E-state index contributed by atoms with van der Waals surface area (Å²) in [4.78, 5) is 10.7. The number of hydrogen-bond donors (Lipinski definition) is 1. The highest BCUT2D eigenvalue weighted by molar-refractivity contribution is 5.48. The molecule has 0 spiro atoms. The highest BCUT2D eigenvalue weighted by Gasteiger charge is 2.21. The molecule has 1 saturated carbocycles. The number of nitrogens with one attached hydrogen (secondary N) is 1. The van der Waals surface area contributed by atoms with Gasteiger partial charge in [0.25, 0.3) is 0 Å². The summed E-state index contributed by atoms with van der Waals surface area (Å²) in [5.41, 5.74) is 1.08. The van der Waals surface area contributed by atoms with E-state index in [1.54, 1.807) is 18.2 Å². The van der Waals surface area contributed by atoms with Gasteiger partial charge in [0, 0.05) is 12.6 Å². The van der Waals surface area contributed by atoms with E-state index in [4.69, 9.17) is 4.74 Å². The number of nitro groups is 1. The van der Waals surface area contributed by atoms with E-state index in [9.17, 15) is 10.1 Å². The molecule has 5 heteroatoms. The molecule has 0 saturated heterocycles. The third-order valence-corrected chi connectivity index (χ3v) is 3.65. The van der Waals surface area contributed by atoms with Gasteiger partial charge in [-0.15, -0.1) is 0 Å². The Morgan fingerprint density at radius 2 is 2.10 bits per heavy atom. The minimum absolute atomic E-state index is 0.0656. The van der Waals surface area contributed by atoms with Crippen LogP contribution in [0.25, 0.3) is 0 Å². The first-order valence-corrected chi connectivity index (χ1v) is 7.35. The Kier molecular flexibility index (Phi) is 5.35. The molecule has 0 atom stereocenters. The number of hydrogen-bond acceptors (Lipinski definition) is 4. The topological polar surface area (TPSA) is 64.4 Å². The van der Waals surface area contributed by atoms with E-state index in [0.717, 1.165) is 37.8 Å². The summed E-state index contributed by atoms with van der Waals surface area (Å²) in [6.07, 6.45) is 5.65. The second-order valence-corrected chi connectivity index (χ2v) is 5.22. The van der Waals surface area contributed by atoms with E-state index in [2.05, 4.69) is 5.32 Å². The van der Waals surface area contributed by atoms with Gasteiger partial charge >= 0.3 is 5.69 Å². The maximum atomic E-state index is 11.1. The highest BCUT2D eigenvalue weighted by atomic mass is 16.6. The Hall–Kier alpha value is -1.62. The number of benzene rings is 1. The van der Waals surface area contributed by atoms with Gasteiger partial charge in [-0.25, -0.2) is 0 Å². The summed E-state index contributed by atoms with van der Waals surface area (Å²) in [5, 5.41) is 14.3. The summed E-state index contributed by atoms with van der Waals surface area (Å²) < 4.78 is 5.90. The van der Waals surface area contributed by atoms with Crippen LogP contribution in [0.3, 0.4) is 0 Å². The van der Waals surface area contributed by atoms with Crippen LogP contribution in [0.2, 0.25) is 0 Å². The van der Waals surface area contributed by atoms with Crippen LogP contribution in [-0.4, -0.2) is 17.6 Å². The lowest BCUT2D eigenvalue weighted by Crippen LogP contribution is -2.20. The van der Waals surface area contributed by atoms with Crippen LogP contribution < -0.4 is 10.1 Å².